The number of H-pyrrole nitrogens is 1. The molecule has 0 saturated heterocycles. The van der Waals surface area contributed by atoms with E-state index in [1.165, 1.54) is 6.07 Å². The third kappa shape index (κ3) is 3.61. The molecule has 0 atom stereocenters. The summed E-state index contributed by atoms with van der Waals surface area (Å²) < 4.78 is 0. The molecule has 122 valence electrons. The van der Waals surface area contributed by atoms with Crippen LogP contribution in [0.3, 0.4) is 0 Å². The first kappa shape index (κ1) is 16.6. The van der Waals surface area contributed by atoms with Crippen molar-refractivity contribution in [2.75, 3.05) is 6.54 Å². The smallest absolute Gasteiger partial charge is 0.252 e. The van der Waals surface area contributed by atoms with Crippen LogP contribution in [-0.2, 0) is 6.42 Å². The van der Waals surface area contributed by atoms with Gasteiger partial charge in [-0.25, -0.2) is 0 Å². The van der Waals surface area contributed by atoms with Crippen molar-refractivity contribution in [2.45, 2.75) is 6.42 Å². The molecule has 0 fully saturated rings. The average Bonchev–Trinajstić information content (AvgIpc) is 2.55. The van der Waals surface area contributed by atoms with Crippen LogP contribution in [0, 0.1) is 0 Å². The van der Waals surface area contributed by atoms with Crippen LogP contribution in [0.2, 0.25) is 10.0 Å². The maximum atomic E-state index is 12.1. The number of carbonyl (C=O) groups excluding carboxylic acids is 1. The molecule has 0 bridgehead atoms. The van der Waals surface area contributed by atoms with Gasteiger partial charge in [0, 0.05) is 22.6 Å². The first-order valence-electron chi connectivity index (χ1n) is 7.39. The maximum absolute atomic E-state index is 12.1. The molecule has 2 aromatic carbocycles. The van der Waals surface area contributed by atoms with Crippen LogP contribution in [-0.4, -0.2) is 17.4 Å². The van der Waals surface area contributed by atoms with Crippen molar-refractivity contribution in [1.82, 2.24) is 10.3 Å². The molecular weight excluding hydrogens is 347 g/mol. The molecule has 0 spiro atoms. The van der Waals surface area contributed by atoms with Gasteiger partial charge in [-0.1, -0.05) is 41.4 Å². The molecule has 0 unspecified atom stereocenters. The fraction of sp³-hybridized carbons (Fsp3) is 0.111. The molecule has 0 radical (unpaired) electrons. The Morgan fingerprint density at radius 2 is 1.88 bits per heavy atom. The first-order valence-corrected chi connectivity index (χ1v) is 8.14. The highest BCUT2D eigenvalue weighted by atomic mass is 35.5. The molecule has 2 N–H and O–H groups in total. The van der Waals surface area contributed by atoms with E-state index in [1.807, 2.05) is 30.3 Å². The zero-order valence-corrected chi connectivity index (χ0v) is 14.1. The highest BCUT2D eigenvalue weighted by Crippen LogP contribution is 2.20. The highest BCUT2D eigenvalue weighted by molar-refractivity contribution is 6.36. The number of nitrogens with one attached hydrogen (secondary N) is 2. The summed E-state index contributed by atoms with van der Waals surface area (Å²) in [5.74, 6) is -0.297. The molecule has 1 heterocycles. The summed E-state index contributed by atoms with van der Waals surface area (Å²) in [5.41, 5.74) is 1.63. The van der Waals surface area contributed by atoms with E-state index in [0.717, 1.165) is 10.9 Å². The molecule has 3 rings (SSSR count). The molecule has 3 aromatic rings. The van der Waals surface area contributed by atoms with Crippen molar-refractivity contribution in [1.29, 1.82) is 0 Å². The van der Waals surface area contributed by atoms with Crippen molar-refractivity contribution in [3.8, 4) is 0 Å². The van der Waals surface area contributed by atoms with Gasteiger partial charge in [0.25, 0.3) is 11.5 Å². The summed E-state index contributed by atoms with van der Waals surface area (Å²) in [4.78, 5) is 27.0. The second-order valence-electron chi connectivity index (χ2n) is 5.34. The molecular formula is C18H14Cl2N2O2. The minimum atomic E-state index is -0.297. The molecule has 0 saturated carbocycles. The van der Waals surface area contributed by atoms with Crippen LogP contribution >= 0.6 is 23.2 Å². The number of pyridine rings is 1. The second kappa shape index (κ2) is 7.07. The lowest BCUT2D eigenvalue weighted by atomic mass is 10.1. The maximum Gasteiger partial charge on any atom is 0.252 e. The third-order valence-corrected chi connectivity index (χ3v) is 4.23. The zero-order valence-electron chi connectivity index (χ0n) is 12.6. The Bertz CT molecular complexity index is 967. The van der Waals surface area contributed by atoms with Gasteiger partial charge in [-0.3, -0.25) is 9.59 Å². The minimum Gasteiger partial charge on any atom is -0.352 e. The number of hydrogen-bond acceptors (Lipinski definition) is 2. The number of benzene rings is 2. The number of rotatable bonds is 4. The molecule has 6 heteroatoms. The number of halogens is 2. The van der Waals surface area contributed by atoms with E-state index in [0.29, 0.717) is 34.1 Å². The lowest BCUT2D eigenvalue weighted by molar-refractivity contribution is 0.0954. The van der Waals surface area contributed by atoms with Gasteiger partial charge in [-0.05, 0) is 42.1 Å². The SMILES string of the molecule is O=C(NCCc1cc2ccccc2[nH]c1=O)c1ccc(Cl)cc1Cl. The summed E-state index contributed by atoms with van der Waals surface area (Å²) in [6.07, 6.45) is 0.428. The van der Waals surface area contributed by atoms with Gasteiger partial charge in [-0.2, -0.15) is 0 Å². The van der Waals surface area contributed by atoms with Crippen molar-refractivity contribution >= 4 is 40.0 Å². The quantitative estimate of drug-likeness (QED) is 0.742. The van der Waals surface area contributed by atoms with Gasteiger partial charge < -0.3 is 10.3 Å². The van der Waals surface area contributed by atoms with Gasteiger partial charge in [0.15, 0.2) is 0 Å². The zero-order chi connectivity index (χ0) is 17.1. The summed E-state index contributed by atoms with van der Waals surface area (Å²) in [6.45, 7) is 0.333. The van der Waals surface area contributed by atoms with E-state index >= 15 is 0 Å². The fourth-order valence-electron chi connectivity index (χ4n) is 2.46. The van der Waals surface area contributed by atoms with Gasteiger partial charge >= 0.3 is 0 Å². The van der Waals surface area contributed by atoms with Gasteiger partial charge in [0.2, 0.25) is 0 Å². The highest BCUT2D eigenvalue weighted by Gasteiger charge is 2.10. The summed E-state index contributed by atoms with van der Waals surface area (Å²) in [5, 5.41) is 4.49. The molecule has 0 aliphatic rings. The summed E-state index contributed by atoms with van der Waals surface area (Å²) >= 11 is 11.8. The normalized spacial score (nSPS) is 10.8. The number of hydrogen-bond donors (Lipinski definition) is 2. The number of amides is 1. The van der Waals surface area contributed by atoms with E-state index in [4.69, 9.17) is 23.2 Å². The predicted octanol–water partition coefficient (Wildman–Crippen LogP) is 3.81. The molecule has 24 heavy (non-hydrogen) atoms. The fourth-order valence-corrected chi connectivity index (χ4v) is 2.95. The third-order valence-electron chi connectivity index (χ3n) is 3.69. The lowest BCUT2D eigenvalue weighted by Crippen LogP contribution is -2.27. The van der Waals surface area contributed by atoms with Crippen LogP contribution in [0.4, 0.5) is 0 Å². The van der Waals surface area contributed by atoms with Crippen molar-refractivity contribution < 1.29 is 4.79 Å². The predicted molar refractivity (Wildman–Crippen MR) is 97.1 cm³/mol. The topological polar surface area (TPSA) is 62.0 Å². The molecule has 0 aliphatic carbocycles. The van der Waals surface area contributed by atoms with E-state index < -0.39 is 0 Å². The number of aromatic amines is 1. The Hall–Kier alpha value is -2.30. The average molecular weight is 361 g/mol. The van der Waals surface area contributed by atoms with Crippen molar-refractivity contribution in [3.63, 3.8) is 0 Å². The number of carbonyl (C=O) groups is 1. The van der Waals surface area contributed by atoms with Crippen LogP contribution < -0.4 is 10.9 Å². The Kier molecular flexibility index (Phi) is 4.88. The molecule has 4 nitrogen and oxygen atoms in total. The van der Waals surface area contributed by atoms with E-state index in [1.54, 1.807) is 12.1 Å². The number of para-hydroxylation sites is 1. The van der Waals surface area contributed by atoms with Gasteiger partial charge in [0.1, 0.15) is 0 Å². The molecule has 1 aromatic heterocycles. The number of fused-ring (bicyclic) bond motifs is 1. The van der Waals surface area contributed by atoms with Crippen LogP contribution in [0.5, 0.6) is 0 Å². The Morgan fingerprint density at radius 3 is 2.67 bits per heavy atom. The minimum absolute atomic E-state index is 0.146. The van der Waals surface area contributed by atoms with Crippen LogP contribution in [0.1, 0.15) is 15.9 Å². The van der Waals surface area contributed by atoms with E-state index in [2.05, 4.69) is 10.3 Å². The molecule has 0 aliphatic heterocycles. The van der Waals surface area contributed by atoms with Crippen LogP contribution in [0.25, 0.3) is 10.9 Å². The van der Waals surface area contributed by atoms with E-state index in [-0.39, 0.29) is 11.5 Å². The van der Waals surface area contributed by atoms with Gasteiger partial charge in [-0.15, -0.1) is 0 Å². The van der Waals surface area contributed by atoms with Gasteiger partial charge in [0.05, 0.1) is 10.6 Å². The Balaban J connectivity index is 1.69. The van der Waals surface area contributed by atoms with Crippen LogP contribution in [0.15, 0.2) is 53.3 Å². The first-order chi connectivity index (χ1) is 11.5. The Labute approximate surface area is 148 Å². The summed E-state index contributed by atoms with van der Waals surface area (Å²) in [7, 11) is 0. The summed E-state index contributed by atoms with van der Waals surface area (Å²) in [6, 6.07) is 14.1. The van der Waals surface area contributed by atoms with E-state index in [9.17, 15) is 9.59 Å². The monoisotopic (exact) mass is 360 g/mol. The van der Waals surface area contributed by atoms with Crippen molar-refractivity contribution in [3.05, 3.63) is 80.1 Å². The Morgan fingerprint density at radius 1 is 1.08 bits per heavy atom. The second-order valence-corrected chi connectivity index (χ2v) is 6.18. The standard InChI is InChI=1S/C18H14Cl2N2O2/c19-13-5-6-14(15(20)10-13)18(24)21-8-7-12-9-11-3-1-2-4-16(11)22-17(12)23/h1-6,9-10H,7-8H2,(H,21,24)(H,22,23). The lowest BCUT2D eigenvalue weighted by Gasteiger charge is -2.07. The molecule has 1 amide bonds. The number of aromatic nitrogens is 1. The van der Waals surface area contributed by atoms with Crippen molar-refractivity contribution in [2.24, 2.45) is 0 Å². The largest absolute Gasteiger partial charge is 0.352 e.